The normalized spacial score (nSPS) is 12.1. The average Bonchev–Trinajstić information content (AvgIpc) is 2.38. The topological polar surface area (TPSA) is 40.5 Å². The van der Waals surface area contributed by atoms with Crippen molar-refractivity contribution in [3.63, 3.8) is 0 Å². The van der Waals surface area contributed by atoms with E-state index in [0.29, 0.717) is 11.5 Å². The first kappa shape index (κ1) is 16.6. The van der Waals surface area contributed by atoms with E-state index in [0.717, 1.165) is 18.8 Å². The summed E-state index contributed by atoms with van der Waals surface area (Å²) in [7, 11) is -2.87. The van der Waals surface area contributed by atoms with Crippen molar-refractivity contribution in [3.8, 4) is 0 Å². The number of hydrogen-bond donors (Lipinski definition) is 2. The molecule has 0 amide bonds. The lowest BCUT2D eigenvalue weighted by molar-refractivity contribution is 0.458. The molecule has 0 aliphatic heterocycles. The van der Waals surface area contributed by atoms with Crippen molar-refractivity contribution in [2.45, 2.75) is 52.4 Å². The van der Waals surface area contributed by atoms with Crippen LogP contribution >= 0.6 is 7.72 Å². The zero-order valence-corrected chi connectivity index (χ0v) is 13.1. The van der Waals surface area contributed by atoms with Crippen LogP contribution in [0.5, 0.6) is 0 Å². The Morgan fingerprint density at radius 1 is 0.895 bits per heavy atom. The maximum absolute atomic E-state index is 10.1. The summed E-state index contributed by atoms with van der Waals surface area (Å²) >= 11 is 0. The van der Waals surface area contributed by atoms with Crippen molar-refractivity contribution in [2.24, 2.45) is 5.92 Å². The second kappa shape index (κ2) is 8.68. The van der Waals surface area contributed by atoms with Crippen LogP contribution in [0.3, 0.4) is 0 Å². The van der Waals surface area contributed by atoms with Gasteiger partial charge in [-0.25, -0.2) is 9.79 Å². The Morgan fingerprint density at radius 3 is 2.11 bits per heavy atom. The maximum Gasteiger partial charge on any atom is 0.299 e. The van der Waals surface area contributed by atoms with Crippen LogP contribution in [0, 0.1) is 5.92 Å². The molecule has 3 heteroatoms. The van der Waals surface area contributed by atoms with Gasteiger partial charge in [0, 0.05) is 0 Å². The molecule has 1 aromatic rings. The average molecular weight is 283 g/mol. The van der Waals surface area contributed by atoms with Crippen LogP contribution in [-0.4, -0.2) is 15.9 Å². The van der Waals surface area contributed by atoms with Gasteiger partial charge in [-0.2, -0.15) is 0 Å². The molecule has 0 bridgehead atoms. The Labute approximate surface area is 118 Å². The predicted octanol–water partition coefficient (Wildman–Crippen LogP) is 4.14. The first-order valence-corrected chi connectivity index (χ1v) is 9.29. The molecular weight excluding hydrogens is 255 g/mol. The Balaban J connectivity index is 2.15. The van der Waals surface area contributed by atoms with E-state index in [1.807, 2.05) is 30.3 Å². The zero-order chi connectivity index (χ0) is 14.1. The first-order chi connectivity index (χ1) is 9.02. The van der Waals surface area contributed by atoms with Crippen LogP contribution in [0.15, 0.2) is 30.3 Å². The highest BCUT2D eigenvalue weighted by Crippen LogP contribution is 2.49. The van der Waals surface area contributed by atoms with Gasteiger partial charge in [0.1, 0.15) is 6.16 Å². The lowest BCUT2D eigenvalue weighted by Crippen LogP contribution is -2.12. The molecule has 108 valence electrons. The fourth-order valence-electron chi connectivity index (χ4n) is 2.21. The van der Waals surface area contributed by atoms with Gasteiger partial charge in [-0.05, 0) is 30.9 Å². The molecule has 19 heavy (non-hydrogen) atoms. The van der Waals surface area contributed by atoms with Crippen LogP contribution in [-0.2, 0) is 0 Å². The summed E-state index contributed by atoms with van der Waals surface area (Å²) in [5.74, 6) is 0.798. The number of rotatable bonds is 9. The fraction of sp³-hybridized carbons (Fsp3) is 0.625. The third-order valence-electron chi connectivity index (χ3n) is 3.42. The van der Waals surface area contributed by atoms with Crippen LogP contribution in [0.1, 0.15) is 52.4 Å². The summed E-state index contributed by atoms with van der Waals surface area (Å²) in [6, 6.07) is 9.26. The molecule has 0 saturated heterocycles. The summed E-state index contributed by atoms with van der Waals surface area (Å²) < 4.78 is 0. The van der Waals surface area contributed by atoms with Gasteiger partial charge >= 0.3 is 0 Å². The Kier molecular flexibility index (Phi) is 7.60. The van der Waals surface area contributed by atoms with E-state index in [9.17, 15) is 9.79 Å². The quantitative estimate of drug-likeness (QED) is 0.528. The summed E-state index contributed by atoms with van der Waals surface area (Å²) in [6.45, 7) is 4.52. The highest BCUT2D eigenvalue weighted by Gasteiger charge is 2.35. The number of hydrogen-bond acceptors (Lipinski definition) is 2. The van der Waals surface area contributed by atoms with E-state index in [4.69, 9.17) is 0 Å². The van der Waals surface area contributed by atoms with Gasteiger partial charge in [-0.3, -0.25) is 0 Å². The van der Waals surface area contributed by atoms with Crippen LogP contribution in [0.25, 0.3) is 0 Å². The van der Waals surface area contributed by atoms with Gasteiger partial charge in [-0.15, -0.1) is 0 Å². The SMILES string of the molecule is CC(C)CCCCCCC[P+](O)(O)c1ccccc1. The molecule has 0 fully saturated rings. The van der Waals surface area contributed by atoms with Crippen molar-refractivity contribution in [3.05, 3.63) is 30.3 Å². The van der Waals surface area contributed by atoms with Crippen LogP contribution < -0.4 is 5.30 Å². The smallest absolute Gasteiger partial charge is 0.215 e. The van der Waals surface area contributed by atoms with E-state index in [2.05, 4.69) is 13.8 Å². The van der Waals surface area contributed by atoms with Crippen LogP contribution in [0.2, 0.25) is 0 Å². The van der Waals surface area contributed by atoms with E-state index >= 15 is 0 Å². The van der Waals surface area contributed by atoms with E-state index in [1.165, 1.54) is 25.7 Å². The van der Waals surface area contributed by atoms with Crippen LogP contribution in [0.4, 0.5) is 0 Å². The molecule has 0 atom stereocenters. The summed E-state index contributed by atoms with van der Waals surface area (Å²) in [5.41, 5.74) is 0. The molecular formula is C16H28O2P+. The standard InChI is InChI=1S/C16H28O2P/c1-15(2)11-7-4-3-5-10-14-19(17,18)16-12-8-6-9-13-16/h6,8-9,12-13,15,17-18H,3-5,7,10-11,14H2,1-2H3/q+1. The van der Waals surface area contributed by atoms with E-state index < -0.39 is 7.72 Å². The maximum atomic E-state index is 10.1. The van der Waals surface area contributed by atoms with Crippen molar-refractivity contribution in [1.29, 1.82) is 0 Å². The number of unbranched alkanes of at least 4 members (excludes halogenated alkanes) is 4. The summed E-state index contributed by atoms with van der Waals surface area (Å²) in [5, 5.41) is 0.704. The summed E-state index contributed by atoms with van der Waals surface area (Å²) in [4.78, 5) is 20.3. The second-order valence-electron chi connectivity index (χ2n) is 5.74. The Hall–Kier alpha value is -0.430. The van der Waals surface area contributed by atoms with Crippen molar-refractivity contribution < 1.29 is 9.79 Å². The van der Waals surface area contributed by atoms with E-state index in [1.54, 1.807) is 0 Å². The Bertz CT molecular complexity index is 336. The predicted molar refractivity (Wildman–Crippen MR) is 84.8 cm³/mol. The molecule has 0 aliphatic carbocycles. The highest BCUT2D eigenvalue weighted by molar-refractivity contribution is 7.72. The van der Waals surface area contributed by atoms with Gasteiger partial charge < -0.3 is 0 Å². The van der Waals surface area contributed by atoms with Crippen molar-refractivity contribution >= 4 is 13.0 Å². The molecule has 0 saturated carbocycles. The molecule has 0 radical (unpaired) electrons. The van der Waals surface area contributed by atoms with Gasteiger partial charge in [-0.1, -0.05) is 57.7 Å². The molecule has 1 rings (SSSR count). The van der Waals surface area contributed by atoms with Gasteiger partial charge in [0.25, 0.3) is 7.72 Å². The Morgan fingerprint density at radius 2 is 1.47 bits per heavy atom. The van der Waals surface area contributed by atoms with Gasteiger partial charge in [0.2, 0.25) is 0 Å². The molecule has 0 aliphatic rings. The third-order valence-corrected chi connectivity index (χ3v) is 5.49. The molecule has 2 N–H and O–H groups in total. The van der Waals surface area contributed by atoms with Crippen molar-refractivity contribution in [2.75, 3.05) is 6.16 Å². The fourth-order valence-corrected chi connectivity index (χ4v) is 3.78. The summed E-state index contributed by atoms with van der Waals surface area (Å²) in [6.07, 6.45) is 7.63. The first-order valence-electron chi connectivity index (χ1n) is 7.41. The molecule has 0 spiro atoms. The molecule has 0 aromatic heterocycles. The largest absolute Gasteiger partial charge is 0.299 e. The van der Waals surface area contributed by atoms with Crippen molar-refractivity contribution in [1.82, 2.24) is 0 Å². The third kappa shape index (κ3) is 7.06. The molecule has 1 aromatic carbocycles. The monoisotopic (exact) mass is 283 g/mol. The minimum Gasteiger partial charge on any atom is -0.215 e. The minimum absolute atomic E-state index is 0.529. The molecule has 2 nitrogen and oxygen atoms in total. The molecule has 0 heterocycles. The van der Waals surface area contributed by atoms with Gasteiger partial charge in [0.15, 0.2) is 5.30 Å². The lowest BCUT2D eigenvalue weighted by atomic mass is 10.0. The van der Waals surface area contributed by atoms with E-state index in [-0.39, 0.29) is 0 Å². The number of benzene rings is 1. The molecule has 0 unspecified atom stereocenters. The minimum atomic E-state index is -2.87. The lowest BCUT2D eigenvalue weighted by Gasteiger charge is -2.12. The zero-order valence-electron chi connectivity index (χ0n) is 12.3. The highest BCUT2D eigenvalue weighted by atomic mass is 31.2. The van der Waals surface area contributed by atoms with Gasteiger partial charge in [0.05, 0.1) is 0 Å². The second-order valence-corrected chi connectivity index (χ2v) is 8.16.